The number of nitrogens with zero attached hydrogens (tertiary/aromatic N) is 3. The van der Waals surface area contributed by atoms with Crippen molar-refractivity contribution in [2.75, 3.05) is 13.7 Å². The highest BCUT2D eigenvalue weighted by Crippen LogP contribution is 2.35. The fraction of sp³-hybridized carbons (Fsp3) is 0.571. The third-order valence-electron chi connectivity index (χ3n) is 7.07. The summed E-state index contributed by atoms with van der Waals surface area (Å²) in [6.07, 6.45) is 5.39. The average molecular weight is 512 g/mol. The molecule has 1 amide bonds. The Bertz CT molecular complexity index is 1140. The van der Waals surface area contributed by atoms with Gasteiger partial charge in [0.05, 0.1) is 12.8 Å². The first-order valence-electron chi connectivity index (χ1n) is 13.1. The van der Waals surface area contributed by atoms with Crippen LogP contribution in [0.3, 0.4) is 0 Å². The molecule has 8 nitrogen and oxygen atoms in total. The van der Waals surface area contributed by atoms with Gasteiger partial charge in [0.2, 0.25) is 0 Å². The summed E-state index contributed by atoms with van der Waals surface area (Å²) < 4.78 is 18.7. The number of hydrogen-bond donors (Lipinski definition) is 2. The molecule has 2 aliphatic rings. The van der Waals surface area contributed by atoms with E-state index in [0.29, 0.717) is 29.8 Å². The molecule has 200 valence electrons. The molecule has 4 rings (SSSR count). The number of hydrogen-bond acceptors (Lipinski definition) is 7. The van der Waals surface area contributed by atoms with Crippen LogP contribution in [0.4, 0.5) is 4.39 Å². The maximum atomic E-state index is 13.7. The first-order chi connectivity index (χ1) is 17.6. The van der Waals surface area contributed by atoms with Crippen molar-refractivity contribution in [2.24, 2.45) is 17.0 Å². The van der Waals surface area contributed by atoms with Gasteiger partial charge in [0.15, 0.2) is 11.6 Å². The Balaban J connectivity index is 1.32. The van der Waals surface area contributed by atoms with Gasteiger partial charge in [-0.05, 0) is 95.5 Å². The third kappa shape index (κ3) is 7.25. The van der Waals surface area contributed by atoms with Gasteiger partial charge in [0.1, 0.15) is 23.3 Å². The minimum Gasteiger partial charge on any atom is -0.494 e. The van der Waals surface area contributed by atoms with Crippen LogP contribution >= 0.6 is 0 Å². The molecule has 2 aromatic rings. The zero-order valence-electron chi connectivity index (χ0n) is 22.4. The Morgan fingerprint density at radius 2 is 1.92 bits per heavy atom. The summed E-state index contributed by atoms with van der Waals surface area (Å²) in [4.78, 5) is 27.5. The third-order valence-corrected chi connectivity index (χ3v) is 7.07. The Morgan fingerprint density at radius 1 is 1.16 bits per heavy atom. The molecular formula is C28H38FN5O3. The second-order valence-electron chi connectivity index (χ2n) is 11.1. The number of amides is 1. The SMILES string of the molecule is COc1cc(CNC(=O)c2cc(C3=NOC(C4CCC(CNC(C)(C)C)CC4)C3)nc(C)n2)ccc1F. The highest BCUT2D eigenvalue weighted by atomic mass is 19.1. The molecule has 1 fully saturated rings. The zero-order valence-corrected chi connectivity index (χ0v) is 22.4. The lowest BCUT2D eigenvalue weighted by atomic mass is 9.78. The predicted molar refractivity (Wildman–Crippen MR) is 140 cm³/mol. The maximum Gasteiger partial charge on any atom is 0.270 e. The maximum absolute atomic E-state index is 13.7. The lowest BCUT2D eigenvalue weighted by molar-refractivity contribution is 0.0204. The van der Waals surface area contributed by atoms with Crippen molar-refractivity contribution in [1.82, 2.24) is 20.6 Å². The molecule has 2 heterocycles. The van der Waals surface area contributed by atoms with Crippen molar-refractivity contribution in [3.8, 4) is 5.75 Å². The predicted octanol–water partition coefficient (Wildman–Crippen LogP) is 4.55. The second kappa shape index (κ2) is 11.5. The quantitative estimate of drug-likeness (QED) is 0.540. The monoisotopic (exact) mass is 511 g/mol. The van der Waals surface area contributed by atoms with Gasteiger partial charge < -0.3 is 20.2 Å². The largest absolute Gasteiger partial charge is 0.494 e. The van der Waals surface area contributed by atoms with Crippen LogP contribution in [0.15, 0.2) is 29.4 Å². The summed E-state index contributed by atoms with van der Waals surface area (Å²) >= 11 is 0. The Morgan fingerprint density at radius 3 is 2.62 bits per heavy atom. The summed E-state index contributed by atoms with van der Waals surface area (Å²) in [5.41, 5.74) is 2.50. The number of nitrogens with one attached hydrogen (secondary N) is 2. The molecule has 1 aromatic carbocycles. The minimum atomic E-state index is -0.447. The van der Waals surface area contributed by atoms with Crippen LogP contribution < -0.4 is 15.4 Å². The van der Waals surface area contributed by atoms with E-state index in [1.807, 2.05) is 0 Å². The molecule has 0 saturated heterocycles. The second-order valence-corrected chi connectivity index (χ2v) is 11.1. The van der Waals surface area contributed by atoms with E-state index in [1.165, 1.54) is 26.0 Å². The normalized spacial score (nSPS) is 21.8. The number of halogens is 1. The van der Waals surface area contributed by atoms with Crippen molar-refractivity contribution >= 4 is 11.6 Å². The molecule has 1 aliphatic carbocycles. The minimum absolute atomic E-state index is 0.0486. The van der Waals surface area contributed by atoms with Crippen molar-refractivity contribution in [2.45, 2.75) is 78.0 Å². The molecule has 37 heavy (non-hydrogen) atoms. The highest BCUT2D eigenvalue weighted by molar-refractivity contribution is 6.01. The number of carbonyl (C=O) groups is 1. The van der Waals surface area contributed by atoms with Crippen LogP contribution in [0.5, 0.6) is 5.75 Å². The first-order valence-corrected chi connectivity index (χ1v) is 13.1. The Hall–Kier alpha value is -3.07. The molecule has 9 heteroatoms. The number of aromatic nitrogens is 2. The molecule has 0 bridgehead atoms. The van der Waals surface area contributed by atoms with E-state index in [1.54, 1.807) is 25.1 Å². The highest BCUT2D eigenvalue weighted by Gasteiger charge is 2.34. The summed E-state index contributed by atoms with van der Waals surface area (Å²) in [7, 11) is 1.41. The fourth-order valence-electron chi connectivity index (χ4n) is 4.93. The number of carbonyl (C=O) groups excluding carboxylic acids is 1. The van der Waals surface area contributed by atoms with Gasteiger partial charge in [0.25, 0.3) is 5.91 Å². The van der Waals surface area contributed by atoms with Crippen molar-refractivity contribution < 1.29 is 18.8 Å². The van der Waals surface area contributed by atoms with Crippen LogP contribution in [0, 0.1) is 24.6 Å². The van der Waals surface area contributed by atoms with E-state index in [9.17, 15) is 9.18 Å². The number of methoxy groups -OCH3 is 1. The van der Waals surface area contributed by atoms with Gasteiger partial charge in [-0.3, -0.25) is 4.79 Å². The van der Waals surface area contributed by atoms with E-state index in [2.05, 4.69) is 46.5 Å². The van der Waals surface area contributed by atoms with Gasteiger partial charge in [-0.2, -0.15) is 0 Å². The first kappa shape index (κ1) is 27.0. The molecule has 1 aliphatic heterocycles. The van der Waals surface area contributed by atoms with Crippen LogP contribution in [-0.4, -0.2) is 46.9 Å². The van der Waals surface area contributed by atoms with E-state index >= 15 is 0 Å². The average Bonchev–Trinajstić information content (AvgIpc) is 3.37. The Labute approximate surface area is 218 Å². The van der Waals surface area contributed by atoms with Gasteiger partial charge in [0, 0.05) is 18.5 Å². The zero-order chi connectivity index (χ0) is 26.6. The molecular weight excluding hydrogens is 473 g/mol. The van der Waals surface area contributed by atoms with Gasteiger partial charge >= 0.3 is 0 Å². The van der Waals surface area contributed by atoms with Gasteiger partial charge in [-0.1, -0.05) is 11.2 Å². The van der Waals surface area contributed by atoms with E-state index < -0.39 is 5.82 Å². The molecule has 1 aromatic heterocycles. The van der Waals surface area contributed by atoms with Gasteiger partial charge in [-0.25, -0.2) is 14.4 Å². The van der Waals surface area contributed by atoms with E-state index in [0.717, 1.165) is 30.7 Å². The number of benzene rings is 1. The molecule has 0 spiro atoms. The number of ether oxygens (including phenoxy) is 1. The fourth-order valence-corrected chi connectivity index (χ4v) is 4.93. The van der Waals surface area contributed by atoms with E-state index in [-0.39, 0.29) is 35.5 Å². The molecule has 1 unspecified atom stereocenters. The van der Waals surface area contributed by atoms with Crippen LogP contribution in [0.25, 0.3) is 0 Å². The summed E-state index contributed by atoms with van der Waals surface area (Å²) in [5, 5.41) is 10.8. The van der Waals surface area contributed by atoms with E-state index in [4.69, 9.17) is 9.57 Å². The molecule has 2 N–H and O–H groups in total. The van der Waals surface area contributed by atoms with Gasteiger partial charge in [-0.15, -0.1) is 0 Å². The van der Waals surface area contributed by atoms with Crippen LogP contribution in [0.2, 0.25) is 0 Å². The van der Waals surface area contributed by atoms with Crippen LogP contribution in [0.1, 0.15) is 80.4 Å². The molecule has 0 radical (unpaired) electrons. The summed E-state index contributed by atoms with van der Waals surface area (Å²) in [6.45, 7) is 9.65. The van der Waals surface area contributed by atoms with Crippen molar-refractivity contribution in [3.05, 3.63) is 52.9 Å². The number of rotatable bonds is 8. The number of oxime groups is 1. The lowest BCUT2D eigenvalue weighted by Crippen LogP contribution is -2.40. The molecule has 1 atom stereocenters. The lowest BCUT2D eigenvalue weighted by Gasteiger charge is -2.32. The van der Waals surface area contributed by atoms with Crippen molar-refractivity contribution in [3.63, 3.8) is 0 Å². The van der Waals surface area contributed by atoms with Crippen molar-refractivity contribution in [1.29, 1.82) is 0 Å². The summed E-state index contributed by atoms with van der Waals surface area (Å²) in [6, 6.07) is 6.14. The number of aryl methyl sites for hydroxylation is 1. The Kier molecular flexibility index (Phi) is 8.42. The topological polar surface area (TPSA) is 97.7 Å². The summed E-state index contributed by atoms with van der Waals surface area (Å²) in [5.74, 6) is 1.02. The standard InChI is InChI=1S/C28H38FN5O3/c1-17-32-22(13-24(33-17)27(35)30-15-19-8-11-21(29)26(12-19)36-5)23-14-25(37-34-23)20-9-6-18(7-10-20)16-31-28(2,3)4/h8,11-13,18,20,25,31H,6-7,9-10,14-16H2,1-5H3,(H,30,35). The molecule has 1 saturated carbocycles. The smallest absolute Gasteiger partial charge is 0.270 e. The van der Waals surface area contributed by atoms with Crippen LogP contribution in [-0.2, 0) is 11.4 Å².